The zero-order chi connectivity index (χ0) is 9.84. The van der Waals surface area contributed by atoms with Crippen LogP contribution in [0.5, 0.6) is 0 Å². The lowest BCUT2D eigenvalue weighted by atomic mass is 10.3. The molecule has 1 rings (SSSR count). The molecule has 0 aliphatic heterocycles. The van der Waals surface area contributed by atoms with Gasteiger partial charge in [0, 0.05) is 18.9 Å². The SMILES string of the molecule is COCCn1cc(C)c(N)nc1=O. The number of hydrogen-bond donors (Lipinski definition) is 1. The normalized spacial score (nSPS) is 10.3. The van der Waals surface area contributed by atoms with E-state index in [4.69, 9.17) is 10.5 Å². The molecule has 0 atom stereocenters. The second-order valence-electron chi connectivity index (χ2n) is 2.78. The Labute approximate surface area is 76.2 Å². The Morgan fingerprint density at radius 3 is 3.00 bits per heavy atom. The van der Waals surface area contributed by atoms with Crippen LogP contribution in [0.2, 0.25) is 0 Å². The van der Waals surface area contributed by atoms with Crippen molar-refractivity contribution in [2.45, 2.75) is 13.5 Å². The number of nitrogens with two attached hydrogens (primary N) is 1. The van der Waals surface area contributed by atoms with Crippen molar-refractivity contribution in [1.82, 2.24) is 9.55 Å². The van der Waals surface area contributed by atoms with Gasteiger partial charge in [0.25, 0.3) is 0 Å². The van der Waals surface area contributed by atoms with E-state index in [1.807, 2.05) is 6.92 Å². The maximum absolute atomic E-state index is 11.2. The first-order chi connectivity index (χ1) is 6.15. The first-order valence-electron chi connectivity index (χ1n) is 3.97. The Morgan fingerprint density at radius 2 is 2.38 bits per heavy atom. The van der Waals surface area contributed by atoms with Gasteiger partial charge in [-0.15, -0.1) is 0 Å². The fourth-order valence-electron chi connectivity index (χ4n) is 0.960. The van der Waals surface area contributed by atoms with Crippen LogP contribution in [0, 0.1) is 6.92 Å². The Balaban J connectivity index is 2.95. The first kappa shape index (κ1) is 9.73. The van der Waals surface area contributed by atoms with Crippen molar-refractivity contribution >= 4 is 5.82 Å². The number of anilines is 1. The number of nitrogens with zero attached hydrogens (tertiary/aromatic N) is 2. The highest BCUT2D eigenvalue weighted by atomic mass is 16.5. The fourth-order valence-corrected chi connectivity index (χ4v) is 0.960. The maximum atomic E-state index is 11.2. The van der Waals surface area contributed by atoms with Crippen LogP contribution in [-0.4, -0.2) is 23.3 Å². The van der Waals surface area contributed by atoms with Gasteiger partial charge >= 0.3 is 5.69 Å². The summed E-state index contributed by atoms with van der Waals surface area (Å²) in [6.45, 7) is 2.81. The highest BCUT2D eigenvalue weighted by Gasteiger charge is 2.00. The molecule has 1 aromatic rings. The van der Waals surface area contributed by atoms with Gasteiger partial charge in [-0.05, 0) is 6.92 Å². The van der Waals surface area contributed by atoms with Crippen LogP contribution in [0.15, 0.2) is 11.0 Å². The van der Waals surface area contributed by atoms with Crippen LogP contribution in [0.3, 0.4) is 0 Å². The molecule has 5 nitrogen and oxygen atoms in total. The lowest BCUT2D eigenvalue weighted by molar-refractivity contribution is 0.185. The standard InChI is InChI=1S/C8H13N3O2/c1-6-5-11(3-4-13-2)8(12)10-7(6)9/h5H,3-4H2,1-2H3,(H2,9,10,12). The molecule has 0 aliphatic carbocycles. The van der Waals surface area contributed by atoms with E-state index in [0.717, 1.165) is 5.56 Å². The molecule has 13 heavy (non-hydrogen) atoms. The Hall–Kier alpha value is -1.36. The third-order valence-corrected chi connectivity index (χ3v) is 1.75. The summed E-state index contributed by atoms with van der Waals surface area (Å²) in [6.07, 6.45) is 1.68. The van der Waals surface area contributed by atoms with E-state index < -0.39 is 0 Å². The largest absolute Gasteiger partial charge is 0.383 e. The molecule has 1 heterocycles. The molecule has 0 bridgehead atoms. The lowest BCUT2D eigenvalue weighted by Crippen LogP contribution is -2.25. The zero-order valence-corrected chi connectivity index (χ0v) is 7.78. The van der Waals surface area contributed by atoms with Crippen molar-refractivity contribution in [3.63, 3.8) is 0 Å². The number of rotatable bonds is 3. The zero-order valence-electron chi connectivity index (χ0n) is 7.78. The summed E-state index contributed by atoms with van der Waals surface area (Å²) >= 11 is 0. The number of nitrogen functional groups attached to an aromatic ring is 1. The smallest absolute Gasteiger partial charge is 0.349 e. The van der Waals surface area contributed by atoms with E-state index in [0.29, 0.717) is 19.0 Å². The van der Waals surface area contributed by atoms with Crippen LogP contribution in [-0.2, 0) is 11.3 Å². The van der Waals surface area contributed by atoms with Crippen molar-refractivity contribution in [3.05, 3.63) is 22.2 Å². The van der Waals surface area contributed by atoms with E-state index in [9.17, 15) is 4.79 Å². The van der Waals surface area contributed by atoms with Crippen LogP contribution >= 0.6 is 0 Å². The van der Waals surface area contributed by atoms with Gasteiger partial charge in [-0.1, -0.05) is 0 Å². The molecule has 0 saturated heterocycles. The topological polar surface area (TPSA) is 70.1 Å². The average Bonchev–Trinajstić information content (AvgIpc) is 2.09. The van der Waals surface area contributed by atoms with Crippen LogP contribution in [0.4, 0.5) is 5.82 Å². The number of hydrogen-bond acceptors (Lipinski definition) is 4. The third kappa shape index (κ3) is 2.29. The Bertz CT molecular complexity index is 346. The molecule has 0 aliphatic rings. The van der Waals surface area contributed by atoms with E-state index in [1.54, 1.807) is 13.3 Å². The van der Waals surface area contributed by atoms with Gasteiger partial charge in [0.2, 0.25) is 0 Å². The number of aromatic nitrogens is 2. The highest BCUT2D eigenvalue weighted by molar-refractivity contribution is 5.34. The number of aryl methyl sites for hydroxylation is 1. The van der Waals surface area contributed by atoms with Gasteiger partial charge in [-0.25, -0.2) is 4.79 Å². The monoisotopic (exact) mass is 183 g/mol. The summed E-state index contributed by atoms with van der Waals surface area (Å²) in [5, 5.41) is 0. The second kappa shape index (κ2) is 4.04. The molecular formula is C8H13N3O2. The van der Waals surface area contributed by atoms with Crippen LogP contribution < -0.4 is 11.4 Å². The van der Waals surface area contributed by atoms with Crippen molar-refractivity contribution < 1.29 is 4.74 Å². The molecular weight excluding hydrogens is 170 g/mol. The predicted molar refractivity (Wildman–Crippen MR) is 49.5 cm³/mol. The van der Waals surface area contributed by atoms with E-state index in [1.165, 1.54) is 4.57 Å². The van der Waals surface area contributed by atoms with Crippen LogP contribution in [0.25, 0.3) is 0 Å². The van der Waals surface area contributed by atoms with Crippen molar-refractivity contribution in [1.29, 1.82) is 0 Å². The molecule has 5 heteroatoms. The molecule has 0 spiro atoms. The van der Waals surface area contributed by atoms with Crippen LogP contribution in [0.1, 0.15) is 5.56 Å². The molecule has 1 aromatic heterocycles. The van der Waals surface area contributed by atoms with Gasteiger partial charge in [0.05, 0.1) is 13.2 Å². The van der Waals surface area contributed by atoms with Crippen molar-refractivity contribution in [2.75, 3.05) is 19.5 Å². The molecule has 2 N–H and O–H groups in total. The quantitative estimate of drug-likeness (QED) is 0.703. The van der Waals surface area contributed by atoms with E-state index in [2.05, 4.69) is 4.98 Å². The molecule has 0 fully saturated rings. The fraction of sp³-hybridized carbons (Fsp3) is 0.500. The minimum Gasteiger partial charge on any atom is -0.383 e. The summed E-state index contributed by atoms with van der Waals surface area (Å²) in [7, 11) is 1.59. The molecule has 0 aromatic carbocycles. The van der Waals surface area contributed by atoms with Gasteiger partial charge in [-0.3, -0.25) is 4.57 Å². The van der Waals surface area contributed by atoms with Gasteiger partial charge < -0.3 is 10.5 Å². The average molecular weight is 183 g/mol. The summed E-state index contributed by atoms with van der Waals surface area (Å²) in [5.41, 5.74) is 5.93. The second-order valence-corrected chi connectivity index (χ2v) is 2.78. The van der Waals surface area contributed by atoms with Crippen molar-refractivity contribution in [3.8, 4) is 0 Å². The molecule has 0 amide bonds. The highest BCUT2D eigenvalue weighted by Crippen LogP contribution is 2.00. The Kier molecular flexibility index (Phi) is 3.02. The third-order valence-electron chi connectivity index (χ3n) is 1.75. The molecule has 0 unspecified atom stereocenters. The van der Waals surface area contributed by atoms with Gasteiger partial charge in [0.1, 0.15) is 5.82 Å². The summed E-state index contributed by atoms with van der Waals surface area (Å²) in [4.78, 5) is 14.9. The van der Waals surface area contributed by atoms with Crippen molar-refractivity contribution in [2.24, 2.45) is 0 Å². The van der Waals surface area contributed by atoms with E-state index >= 15 is 0 Å². The first-order valence-corrected chi connectivity index (χ1v) is 3.97. The minimum atomic E-state index is -0.333. The number of methoxy groups -OCH3 is 1. The minimum absolute atomic E-state index is 0.290. The summed E-state index contributed by atoms with van der Waals surface area (Å²) < 4.78 is 6.33. The summed E-state index contributed by atoms with van der Waals surface area (Å²) in [6, 6.07) is 0. The maximum Gasteiger partial charge on any atom is 0.349 e. The number of ether oxygens (including phenoxy) is 1. The predicted octanol–water partition coefficient (Wildman–Crippen LogP) is -0.220. The molecule has 0 saturated carbocycles. The van der Waals surface area contributed by atoms with Gasteiger partial charge in [-0.2, -0.15) is 4.98 Å². The lowest BCUT2D eigenvalue weighted by Gasteiger charge is -2.05. The molecule has 0 radical (unpaired) electrons. The van der Waals surface area contributed by atoms with E-state index in [-0.39, 0.29) is 5.69 Å². The molecule has 72 valence electrons. The summed E-state index contributed by atoms with van der Waals surface area (Å²) in [5.74, 6) is 0.290. The Morgan fingerprint density at radius 1 is 1.69 bits per heavy atom. The van der Waals surface area contributed by atoms with Gasteiger partial charge in [0.15, 0.2) is 0 Å².